The van der Waals surface area contributed by atoms with Crippen molar-refractivity contribution in [2.24, 2.45) is 0 Å². The van der Waals surface area contributed by atoms with Gasteiger partial charge in [0.2, 0.25) is 0 Å². The molecule has 70 valence electrons. The highest BCUT2D eigenvalue weighted by Gasteiger charge is 1.98. The lowest BCUT2D eigenvalue weighted by Crippen LogP contribution is -1.86. The Hall–Kier alpha value is -0.470. The minimum Gasteiger partial charge on any atom is -0.496 e. The lowest BCUT2D eigenvalue weighted by molar-refractivity contribution is 0.414. The Morgan fingerprint density at radius 1 is 1.54 bits per heavy atom. The Kier molecular flexibility index (Phi) is 4.33. The van der Waals surface area contributed by atoms with E-state index in [0.717, 1.165) is 15.8 Å². The second kappa shape index (κ2) is 5.30. The maximum absolute atomic E-state index is 5.55. The zero-order valence-electron chi connectivity index (χ0n) is 7.26. The van der Waals surface area contributed by atoms with Crippen LogP contribution < -0.4 is 4.74 Å². The largest absolute Gasteiger partial charge is 0.496 e. The van der Waals surface area contributed by atoms with Gasteiger partial charge in [0, 0.05) is 15.9 Å². The summed E-state index contributed by atoms with van der Waals surface area (Å²) in [6.07, 6.45) is 3.82. The summed E-state index contributed by atoms with van der Waals surface area (Å²) in [5.41, 5.74) is 1.03. The van der Waals surface area contributed by atoms with Gasteiger partial charge in [-0.15, -0.1) is 11.6 Å². The maximum Gasteiger partial charge on any atom is 0.126 e. The summed E-state index contributed by atoms with van der Waals surface area (Å²) >= 11 is 8.94. The highest BCUT2D eigenvalue weighted by molar-refractivity contribution is 9.10. The maximum atomic E-state index is 5.55. The van der Waals surface area contributed by atoms with Crippen LogP contribution >= 0.6 is 27.5 Å². The molecule has 0 aliphatic rings. The highest BCUT2D eigenvalue weighted by Crippen LogP contribution is 2.23. The number of rotatable bonds is 3. The molecule has 13 heavy (non-hydrogen) atoms. The van der Waals surface area contributed by atoms with Gasteiger partial charge in [0.1, 0.15) is 5.75 Å². The Morgan fingerprint density at radius 3 is 2.92 bits per heavy atom. The molecule has 0 fully saturated rings. The molecule has 1 rings (SSSR count). The minimum absolute atomic E-state index is 0.510. The molecule has 0 aliphatic carbocycles. The van der Waals surface area contributed by atoms with Crippen LogP contribution in [0.5, 0.6) is 5.75 Å². The lowest BCUT2D eigenvalue weighted by atomic mass is 10.2. The number of allylic oxidation sites excluding steroid dienone is 1. The van der Waals surface area contributed by atoms with E-state index in [4.69, 9.17) is 16.3 Å². The van der Waals surface area contributed by atoms with Crippen molar-refractivity contribution in [1.29, 1.82) is 0 Å². The summed E-state index contributed by atoms with van der Waals surface area (Å²) in [4.78, 5) is 0. The third-order valence-corrected chi connectivity index (χ3v) is 2.25. The first-order chi connectivity index (χ1) is 6.27. The molecule has 0 unspecified atom stereocenters. The Bertz CT molecular complexity index is 310. The van der Waals surface area contributed by atoms with Crippen LogP contribution in [0.1, 0.15) is 5.56 Å². The zero-order chi connectivity index (χ0) is 9.68. The summed E-state index contributed by atoms with van der Waals surface area (Å²) < 4.78 is 6.21. The fourth-order valence-corrected chi connectivity index (χ4v) is 1.47. The topological polar surface area (TPSA) is 9.23 Å². The number of halogens is 2. The number of alkyl halides is 1. The second-order valence-electron chi connectivity index (χ2n) is 2.44. The monoisotopic (exact) mass is 260 g/mol. The molecule has 0 saturated carbocycles. The number of ether oxygens (including phenoxy) is 1. The average Bonchev–Trinajstić information content (AvgIpc) is 2.15. The molecular weight excluding hydrogens is 251 g/mol. The molecule has 3 heteroatoms. The summed E-state index contributed by atoms with van der Waals surface area (Å²) in [6.45, 7) is 0. The summed E-state index contributed by atoms with van der Waals surface area (Å²) in [5, 5.41) is 0. The van der Waals surface area contributed by atoms with Crippen molar-refractivity contribution in [3.63, 3.8) is 0 Å². The number of hydrogen-bond acceptors (Lipinski definition) is 1. The van der Waals surface area contributed by atoms with E-state index >= 15 is 0 Å². The van der Waals surface area contributed by atoms with E-state index in [1.165, 1.54) is 0 Å². The van der Waals surface area contributed by atoms with Gasteiger partial charge in [-0.05, 0) is 18.2 Å². The third kappa shape index (κ3) is 3.05. The van der Waals surface area contributed by atoms with Crippen molar-refractivity contribution >= 4 is 33.6 Å². The molecule has 0 N–H and O–H groups in total. The van der Waals surface area contributed by atoms with Gasteiger partial charge in [-0.2, -0.15) is 0 Å². The van der Waals surface area contributed by atoms with Crippen LogP contribution in [0.15, 0.2) is 28.7 Å². The highest BCUT2D eigenvalue weighted by atomic mass is 79.9. The SMILES string of the molecule is COc1ccc(Br)cc1C=CCCl. The van der Waals surface area contributed by atoms with Gasteiger partial charge in [0.25, 0.3) is 0 Å². The van der Waals surface area contributed by atoms with Gasteiger partial charge < -0.3 is 4.74 Å². The van der Waals surface area contributed by atoms with Crippen LogP contribution in [0, 0.1) is 0 Å². The van der Waals surface area contributed by atoms with Crippen LogP contribution in [-0.4, -0.2) is 13.0 Å². The van der Waals surface area contributed by atoms with Crippen LogP contribution in [-0.2, 0) is 0 Å². The summed E-state index contributed by atoms with van der Waals surface area (Å²) in [5.74, 6) is 1.36. The van der Waals surface area contributed by atoms with E-state index in [9.17, 15) is 0 Å². The van der Waals surface area contributed by atoms with Crippen molar-refractivity contribution in [1.82, 2.24) is 0 Å². The van der Waals surface area contributed by atoms with E-state index in [2.05, 4.69) is 15.9 Å². The lowest BCUT2D eigenvalue weighted by Gasteiger charge is -2.04. The molecule has 0 atom stereocenters. The number of hydrogen-bond donors (Lipinski definition) is 0. The molecule has 0 spiro atoms. The molecule has 0 aromatic heterocycles. The van der Waals surface area contributed by atoms with Gasteiger partial charge in [-0.25, -0.2) is 0 Å². The fraction of sp³-hybridized carbons (Fsp3) is 0.200. The minimum atomic E-state index is 0.510. The Balaban J connectivity index is 3.01. The molecule has 0 bridgehead atoms. The van der Waals surface area contributed by atoms with E-state index in [1.54, 1.807) is 7.11 Å². The molecule has 0 radical (unpaired) electrons. The van der Waals surface area contributed by atoms with Crippen LogP contribution in [0.25, 0.3) is 6.08 Å². The van der Waals surface area contributed by atoms with Gasteiger partial charge in [-0.1, -0.05) is 28.1 Å². The molecule has 1 aromatic carbocycles. The number of methoxy groups -OCH3 is 1. The van der Waals surface area contributed by atoms with Crippen LogP contribution in [0.2, 0.25) is 0 Å². The quantitative estimate of drug-likeness (QED) is 0.754. The zero-order valence-corrected chi connectivity index (χ0v) is 9.60. The first-order valence-corrected chi connectivity index (χ1v) is 5.16. The van der Waals surface area contributed by atoms with Gasteiger partial charge in [-0.3, -0.25) is 0 Å². The van der Waals surface area contributed by atoms with Crippen LogP contribution in [0.3, 0.4) is 0 Å². The molecule has 0 saturated heterocycles. The molecule has 0 heterocycles. The molecule has 1 nitrogen and oxygen atoms in total. The van der Waals surface area contributed by atoms with Gasteiger partial charge in [0.05, 0.1) is 7.11 Å². The summed E-state index contributed by atoms with van der Waals surface area (Å²) in [6, 6.07) is 5.84. The second-order valence-corrected chi connectivity index (χ2v) is 3.67. The predicted molar refractivity (Wildman–Crippen MR) is 60.4 cm³/mol. The summed E-state index contributed by atoms with van der Waals surface area (Å²) in [7, 11) is 1.65. The van der Waals surface area contributed by atoms with Crippen molar-refractivity contribution in [2.45, 2.75) is 0 Å². The van der Waals surface area contributed by atoms with Crippen molar-refractivity contribution < 1.29 is 4.74 Å². The normalized spacial score (nSPS) is 10.7. The Morgan fingerprint density at radius 2 is 2.31 bits per heavy atom. The van der Waals surface area contributed by atoms with E-state index in [0.29, 0.717) is 5.88 Å². The Labute approximate surface area is 91.5 Å². The smallest absolute Gasteiger partial charge is 0.126 e. The van der Waals surface area contributed by atoms with Crippen LogP contribution in [0.4, 0.5) is 0 Å². The number of benzene rings is 1. The first kappa shape index (κ1) is 10.6. The third-order valence-electron chi connectivity index (χ3n) is 1.58. The molecule has 0 amide bonds. The van der Waals surface area contributed by atoms with Crippen molar-refractivity contribution in [3.8, 4) is 5.75 Å². The van der Waals surface area contributed by atoms with E-state index < -0.39 is 0 Å². The van der Waals surface area contributed by atoms with Crippen molar-refractivity contribution in [3.05, 3.63) is 34.3 Å². The van der Waals surface area contributed by atoms with E-state index in [1.807, 2.05) is 30.4 Å². The van der Waals surface area contributed by atoms with Gasteiger partial charge >= 0.3 is 0 Å². The first-order valence-electron chi connectivity index (χ1n) is 3.84. The molecule has 0 aliphatic heterocycles. The standard InChI is InChI=1S/C10H10BrClO/c1-13-10-5-4-9(11)7-8(10)3-2-6-12/h2-5,7H,6H2,1H3. The van der Waals surface area contributed by atoms with Gasteiger partial charge in [0.15, 0.2) is 0 Å². The average molecular weight is 262 g/mol. The van der Waals surface area contributed by atoms with E-state index in [-0.39, 0.29) is 0 Å². The van der Waals surface area contributed by atoms with Crippen molar-refractivity contribution in [2.75, 3.05) is 13.0 Å². The molecular formula is C10H10BrClO. The fourth-order valence-electron chi connectivity index (χ4n) is 1.01. The molecule has 1 aromatic rings. The predicted octanol–water partition coefficient (Wildman–Crippen LogP) is 3.71.